The third-order valence-electron chi connectivity index (χ3n) is 7.85. The minimum atomic E-state index is 0.0662. The normalized spacial score (nSPS) is 26.4. The molecule has 190 valence electrons. The van der Waals surface area contributed by atoms with Gasteiger partial charge in [-0.25, -0.2) is 0 Å². The molecule has 5 nitrogen and oxygen atoms in total. The van der Waals surface area contributed by atoms with E-state index in [9.17, 15) is 0 Å². The van der Waals surface area contributed by atoms with Gasteiger partial charge < -0.3 is 15.0 Å². The zero-order valence-electron chi connectivity index (χ0n) is 23.1. The molecule has 0 bridgehead atoms. The lowest BCUT2D eigenvalue weighted by Crippen LogP contribution is -2.63. The van der Waals surface area contributed by atoms with Crippen molar-refractivity contribution in [2.45, 2.75) is 148 Å². The largest absolute Gasteiger partial charge is 0.314 e. The standard InChI is InChI=1S/C27H55N3O2/c1-24(2)18-22(19-25(3,4)29(24)31-9)16-14-12-11-13-15-17-28-23-20-26(5,6)30(32-10)27(7,8)21-23/h22-23,28H,11-21H2,1-10H3. The van der Waals surface area contributed by atoms with Crippen molar-refractivity contribution in [3.63, 3.8) is 0 Å². The van der Waals surface area contributed by atoms with Crippen molar-refractivity contribution < 1.29 is 9.68 Å². The van der Waals surface area contributed by atoms with Crippen LogP contribution in [0.4, 0.5) is 0 Å². The van der Waals surface area contributed by atoms with Crippen LogP contribution in [0.15, 0.2) is 0 Å². The van der Waals surface area contributed by atoms with E-state index >= 15 is 0 Å². The molecule has 2 heterocycles. The van der Waals surface area contributed by atoms with E-state index < -0.39 is 0 Å². The molecule has 0 spiro atoms. The first kappa shape index (κ1) is 28.0. The van der Waals surface area contributed by atoms with Crippen molar-refractivity contribution in [3.05, 3.63) is 0 Å². The van der Waals surface area contributed by atoms with E-state index in [-0.39, 0.29) is 22.2 Å². The first-order valence-electron chi connectivity index (χ1n) is 13.2. The summed E-state index contributed by atoms with van der Waals surface area (Å²) in [6.45, 7) is 19.7. The van der Waals surface area contributed by atoms with Gasteiger partial charge in [0, 0.05) is 28.2 Å². The molecular weight excluding hydrogens is 398 g/mol. The summed E-state index contributed by atoms with van der Waals surface area (Å²) in [5, 5.41) is 8.27. The molecule has 0 aliphatic carbocycles. The van der Waals surface area contributed by atoms with Gasteiger partial charge in [-0.3, -0.25) is 0 Å². The Kier molecular flexibility index (Phi) is 9.66. The number of hydrogen-bond acceptors (Lipinski definition) is 5. The first-order chi connectivity index (χ1) is 14.7. The van der Waals surface area contributed by atoms with Crippen LogP contribution in [0.1, 0.15) is 120 Å². The van der Waals surface area contributed by atoms with Crippen molar-refractivity contribution in [1.29, 1.82) is 0 Å². The van der Waals surface area contributed by atoms with E-state index in [4.69, 9.17) is 9.68 Å². The Morgan fingerprint density at radius 2 is 1.03 bits per heavy atom. The molecule has 32 heavy (non-hydrogen) atoms. The number of nitrogens with zero attached hydrogens (tertiary/aromatic N) is 2. The van der Waals surface area contributed by atoms with Crippen LogP contribution in [-0.4, -0.2) is 59.1 Å². The lowest BCUT2D eigenvalue weighted by atomic mass is 9.73. The maximum absolute atomic E-state index is 5.75. The van der Waals surface area contributed by atoms with E-state index in [0.717, 1.165) is 25.3 Å². The highest BCUT2D eigenvalue weighted by molar-refractivity contribution is 4.99. The van der Waals surface area contributed by atoms with Crippen molar-refractivity contribution in [3.8, 4) is 0 Å². The summed E-state index contributed by atoms with van der Waals surface area (Å²) >= 11 is 0. The van der Waals surface area contributed by atoms with Crippen LogP contribution in [0.25, 0.3) is 0 Å². The molecule has 2 rings (SSSR count). The second-order valence-electron chi connectivity index (χ2n) is 13.1. The molecule has 0 amide bonds. The van der Waals surface area contributed by atoms with Gasteiger partial charge in [0.15, 0.2) is 0 Å². The zero-order valence-corrected chi connectivity index (χ0v) is 23.1. The number of hydrogen-bond donors (Lipinski definition) is 1. The minimum Gasteiger partial charge on any atom is -0.314 e. The Hall–Kier alpha value is -0.200. The summed E-state index contributed by atoms with van der Waals surface area (Å²) in [4.78, 5) is 11.5. The number of piperidine rings is 2. The predicted octanol–water partition coefficient (Wildman–Crippen LogP) is 6.33. The molecule has 2 saturated heterocycles. The first-order valence-corrected chi connectivity index (χ1v) is 13.2. The highest BCUT2D eigenvalue weighted by Crippen LogP contribution is 2.43. The summed E-state index contributed by atoms with van der Waals surface area (Å²) in [5.41, 5.74) is 0.373. The molecule has 2 fully saturated rings. The fourth-order valence-electron chi connectivity index (χ4n) is 7.47. The van der Waals surface area contributed by atoms with Gasteiger partial charge in [-0.05, 0) is 100.0 Å². The highest BCUT2D eigenvalue weighted by Gasteiger charge is 2.46. The smallest absolute Gasteiger partial charge is 0.0575 e. The lowest BCUT2D eigenvalue weighted by molar-refractivity contribution is -0.272. The van der Waals surface area contributed by atoms with Crippen molar-refractivity contribution >= 4 is 0 Å². The van der Waals surface area contributed by atoms with Gasteiger partial charge in [-0.1, -0.05) is 32.1 Å². The van der Waals surface area contributed by atoms with E-state index in [1.807, 2.05) is 14.2 Å². The molecule has 0 saturated carbocycles. The quantitative estimate of drug-likeness (QED) is 0.370. The molecular formula is C27H55N3O2. The Labute approximate surface area is 199 Å². The van der Waals surface area contributed by atoms with Gasteiger partial charge in [-0.15, -0.1) is 0 Å². The predicted molar refractivity (Wildman–Crippen MR) is 135 cm³/mol. The van der Waals surface area contributed by atoms with Gasteiger partial charge in [0.25, 0.3) is 0 Å². The third-order valence-corrected chi connectivity index (χ3v) is 7.85. The molecule has 0 aromatic heterocycles. The second kappa shape index (κ2) is 11.0. The maximum Gasteiger partial charge on any atom is 0.0575 e. The fraction of sp³-hybridized carbons (Fsp3) is 1.00. The molecule has 0 aromatic rings. The molecule has 0 atom stereocenters. The topological polar surface area (TPSA) is 37.0 Å². The SMILES string of the molecule is CON1C(C)(C)CC(CCCCCCCNC2CC(C)(C)N(OC)C(C)(C)C2)CC1(C)C. The van der Waals surface area contributed by atoms with Crippen LogP contribution in [0.2, 0.25) is 0 Å². The lowest BCUT2D eigenvalue weighted by Gasteiger charge is -2.53. The maximum atomic E-state index is 5.75. The van der Waals surface area contributed by atoms with Gasteiger partial charge >= 0.3 is 0 Å². The van der Waals surface area contributed by atoms with Crippen LogP contribution in [-0.2, 0) is 9.68 Å². The number of hydroxylamine groups is 4. The van der Waals surface area contributed by atoms with E-state index in [1.165, 1.54) is 51.4 Å². The van der Waals surface area contributed by atoms with Gasteiger partial charge in [0.05, 0.1) is 14.2 Å². The molecule has 2 aliphatic heterocycles. The molecule has 2 aliphatic rings. The molecule has 5 heteroatoms. The Morgan fingerprint density at radius 1 is 0.625 bits per heavy atom. The average molecular weight is 454 g/mol. The van der Waals surface area contributed by atoms with Crippen LogP contribution in [0.3, 0.4) is 0 Å². The zero-order chi connectivity index (χ0) is 24.2. The molecule has 0 radical (unpaired) electrons. The summed E-state index contributed by atoms with van der Waals surface area (Å²) in [5.74, 6) is 0.817. The van der Waals surface area contributed by atoms with Crippen LogP contribution in [0.5, 0.6) is 0 Å². The Balaban J connectivity index is 1.61. The van der Waals surface area contributed by atoms with Crippen LogP contribution in [0, 0.1) is 5.92 Å². The summed E-state index contributed by atoms with van der Waals surface area (Å²) < 4.78 is 0. The number of rotatable bonds is 11. The average Bonchev–Trinajstić information content (AvgIpc) is 2.60. The molecule has 0 unspecified atom stereocenters. The highest BCUT2D eigenvalue weighted by atomic mass is 16.7. The van der Waals surface area contributed by atoms with E-state index in [1.54, 1.807) is 0 Å². The van der Waals surface area contributed by atoms with Gasteiger partial charge in [-0.2, -0.15) is 10.1 Å². The van der Waals surface area contributed by atoms with Crippen LogP contribution < -0.4 is 5.32 Å². The Bertz CT molecular complexity index is 487. The number of nitrogens with one attached hydrogen (secondary N) is 1. The number of unbranched alkanes of at least 4 members (excludes halogenated alkanes) is 4. The van der Waals surface area contributed by atoms with E-state index in [0.29, 0.717) is 6.04 Å². The minimum absolute atomic E-state index is 0.0662. The summed E-state index contributed by atoms with van der Waals surface area (Å²) in [6, 6.07) is 0.580. The second-order valence-corrected chi connectivity index (χ2v) is 13.1. The monoisotopic (exact) mass is 453 g/mol. The van der Waals surface area contributed by atoms with Crippen molar-refractivity contribution in [2.75, 3.05) is 20.8 Å². The summed E-state index contributed by atoms with van der Waals surface area (Å²) in [6.07, 6.45) is 12.9. The Morgan fingerprint density at radius 3 is 1.50 bits per heavy atom. The third kappa shape index (κ3) is 7.15. The van der Waals surface area contributed by atoms with Gasteiger partial charge in [0.2, 0.25) is 0 Å². The van der Waals surface area contributed by atoms with Crippen molar-refractivity contribution in [1.82, 2.24) is 15.4 Å². The van der Waals surface area contributed by atoms with Gasteiger partial charge in [0.1, 0.15) is 0 Å². The molecule has 0 aromatic carbocycles. The summed E-state index contributed by atoms with van der Waals surface area (Å²) in [7, 11) is 3.63. The fourth-order valence-corrected chi connectivity index (χ4v) is 7.47. The van der Waals surface area contributed by atoms with E-state index in [2.05, 4.69) is 70.8 Å². The van der Waals surface area contributed by atoms with Crippen LogP contribution >= 0.6 is 0 Å². The molecule has 1 N–H and O–H groups in total. The van der Waals surface area contributed by atoms with Crippen molar-refractivity contribution in [2.24, 2.45) is 5.92 Å².